The molecule has 2 nitrogen and oxygen atoms in total. The van der Waals surface area contributed by atoms with Gasteiger partial charge in [-0.15, -0.1) is 11.3 Å². The van der Waals surface area contributed by atoms with Crippen molar-refractivity contribution in [2.75, 3.05) is 0 Å². The number of thiazole rings is 1. The highest BCUT2D eigenvalue weighted by molar-refractivity contribution is 7.13. The maximum atomic E-state index is 12.9. The summed E-state index contributed by atoms with van der Waals surface area (Å²) in [5, 5.41) is 2.03. The molecule has 0 aliphatic rings. The van der Waals surface area contributed by atoms with E-state index in [0.717, 1.165) is 6.07 Å². The summed E-state index contributed by atoms with van der Waals surface area (Å²) in [6.45, 7) is 1.74. The van der Waals surface area contributed by atoms with Gasteiger partial charge in [-0.25, -0.2) is 4.98 Å². The molecular formula is C12H11F3N2S. The number of aromatic nitrogens is 1. The van der Waals surface area contributed by atoms with Gasteiger partial charge < -0.3 is 5.73 Å². The van der Waals surface area contributed by atoms with Crippen LogP contribution in [0.3, 0.4) is 0 Å². The monoisotopic (exact) mass is 272 g/mol. The van der Waals surface area contributed by atoms with Crippen LogP contribution in [0, 0.1) is 0 Å². The van der Waals surface area contributed by atoms with Crippen molar-refractivity contribution < 1.29 is 13.2 Å². The molecule has 1 unspecified atom stereocenters. The van der Waals surface area contributed by atoms with Gasteiger partial charge in [0.15, 0.2) is 0 Å². The molecule has 0 spiro atoms. The van der Waals surface area contributed by atoms with Gasteiger partial charge in [0.1, 0.15) is 5.01 Å². The lowest BCUT2D eigenvalue weighted by atomic mass is 10.1. The number of nitrogens with two attached hydrogens (primary N) is 1. The zero-order valence-corrected chi connectivity index (χ0v) is 10.3. The van der Waals surface area contributed by atoms with Gasteiger partial charge in [0.25, 0.3) is 0 Å². The Balaban J connectivity index is 2.50. The Hall–Kier alpha value is -1.40. The van der Waals surface area contributed by atoms with Gasteiger partial charge in [-0.1, -0.05) is 18.2 Å². The molecule has 2 aromatic rings. The number of rotatable bonds is 2. The van der Waals surface area contributed by atoms with Crippen LogP contribution in [0.5, 0.6) is 0 Å². The lowest BCUT2D eigenvalue weighted by molar-refractivity contribution is -0.137. The average molecular weight is 272 g/mol. The van der Waals surface area contributed by atoms with E-state index in [1.807, 2.05) is 0 Å². The summed E-state index contributed by atoms with van der Waals surface area (Å²) in [6, 6.07) is 5.13. The van der Waals surface area contributed by atoms with Crippen LogP contribution < -0.4 is 5.73 Å². The van der Waals surface area contributed by atoms with Crippen LogP contribution in [0.2, 0.25) is 0 Å². The predicted octanol–water partition coefficient (Wildman–Crippen LogP) is 3.85. The summed E-state index contributed by atoms with van der Waals surface area (Å²) in [6.07, 6.45) is -4.38. The van der Waals surface area contributed by atoms with Crippen LogP contribution in [0.15, 0.2) is 29.6 Å². The van der Waals surface area contributed by atoms with Crippen molar-refractivity contribution in [3.05, 3.63) is 40.9 Å². The molecule has 0 fully saturated rings. The third-order valence-corrected chi connectivity index (χ3v) is 3.35. The molecule has 1 aromatic heterocycles. The number of hydrogen-bond acceptors (Lipinski definition) is 3. The van der Waals surface area contributed by atoms with Gasteiger partial charge in [-0.2, -0.15) is 13.2 Å². The summed E-state index contributed by atoms with van der Waals surface area (Å²) in [5.41, 5.74) is 5.68. The second kappa shape index (κ2) is 4.70. The molecule has 1 atom stereocenters. The van der Waals surface area contributed by atoms with E-state index in [1.165, 1.54) is 23.5 Å². The first-order chi connectivity index (χ1) is 8.39. The molecule has 0 aliphatic heterocycles. The SMILES string of the molecule is CC(N)c1csc(-c2ccccc2C(F)(F)F)n1. The van der Waals surface area contributed by atoms with Crippen LogP contribution in [0.4, 0.5) is 13.2 Å². The Bertz CT molecular complexity index is 546. The fourth-order valence-corrected chi connectivity index (χ4v) is 2.50. The molecule has 2 rings (SSSR count). The molecular weight excluding hydrogens is 261 g/mol. The Morgan fingerprint density at radius 2 is 1.94 bits per heavy atom. The van der Waals surface area contributed by atoms with E-state index in [9.17, 15) is 13.2 Å². The van der Waals surface area contributed by atoms with Crippen LogP contribution in [0.1, 0.15) is 24.2 Å². The molecule has 0 saturated carbocycles. The Morgan fingerprint density at radius 1 is 1.28 bits per heavy atom. The van der Waals surface area contributed by atoms with Gasteiger partial charge in [0, 0.05) is 17.0 Å². The fourth-order valence-electron chi connectivity index (χ4n) is 1.54. The minimum atomic E-state index is -4.38. The Labute approximate surface area is 106 Å². The van der Waals surface area contributed by atoms with Gasteiger partial charge in [-0.05, 0) is 13.0 Å². The van der Waals surface area contributed by atoms with Crippen molar-refractivity contribution in [1.29, 1.82) is 0 Å². The maximum Gasteiger partial charge on any atom is 0.417 e. The van der Waals surface area contributed by atoms with Crippen LogP contribution in [-0.2, 0) is 6.18 Å². The van der Waals surface area contributed by atoms with Gasteiger partial charge in [0.05, 0.1) is 11.3 Å². The van der Waals surface area contributed by atoms with Crippen molar-refractivity contribution in [1.82, 2.24) is 4.98 Å². The van der Waals surface area contributed by atoms with Crippen LogP contribution in [0.25, 0.3) is 10.6 Å². The first-order valence-corrected chi connectivity index (χ1v) is 6.15. The number of alkyl halides is 3. The molecule has 18 heavy (non-hydrogen) atoms. The van der Waals surface area contributed by atoms with Crippen LogP contribution >= 0.6 is 11.3 Å². The summed E-state index contributed by atoms with van der Waals surface area (Å²) >= 11 is 1.17. The van der Waals surface area contributed by atoms with Crippen LogP contribution in [-0.4, -0.2) is 4.98 Å². The van der Waals surface area contributed by atoms with E-state index < -0.39 is 11.7 Å². The van der Waals surface area contributed by atoms with E-state index in [0.29, 0.717) is 10.7 Å². The smallest absolute Gasteiger partial charge is 0.323 e. The lowest BCUT2D eigenvalue weighted by Crippen LogP contribution is -2.07. The number of nitrogens with zero attached hydrogens (tertiary/aromatic N) is 1. The number of hydrogen-bond donors (Lipinski definition) is 1. The minimum Gasteiger partial charge on any atom is -0.323 e. The van der Waals surface area contributed by atoms with E-state index in [1.54, 1.807) is 18.4 Å². The molecule has 0 aliphatic carbocycles. The van der Waals surface area contributed by atoms with Gasteiger partial charge in [0.2, 0.25) is 0 Å². The average Bonchev–Trinajstić information content (AvgIpc) is 2.77. The molecule has 0 amide bonds. The quantitative estimate of drug-likeness (QED) is 0.901. The molecule has 2 N–H and O–H groups in total. The second-order valence-corrected chi connectivity index (χ2v) is 4.77. The lowest BCUT2D eigenvalue weighted by Gasteiger charge is -2.10. The summed E-state index contributed by atoms with van der Waals surface area (Å²) in [5.74, 6) is 0. The minimum absolute atomic E-state index is 0.0990. The number of halogens is 3. The predicted molar refractivity (Wildman–Crippen MR) is 65.2 cm³/mol. The van der Waals surface area contributed by atoms with Crippen molar-refractivity contribution in [3.63, 3.8) is 0 Å². The fraction of sp³-hybridized carbons (Fsp3) is 0.250. The molecule has 1 aromatic carbocycles. The summed E-state index contributed by atoms with van der Waals surface area (Å²) in [7, 11) is 0. The largest absolute Gasteiger partial charge is 0.417 e. The third kappa shape index (κ3) is 2.54. The van der Waals surface area contributed by atoms with Crippen molar-refractivity contribution >= 4 is 11.3 Å². The van der Waals surface area contributed by atoms with E-state index >= 15 is 0 Å². The molecule has 0 saturated heterocycles. The highest BCUT2D eigenvalue weighted by Gasteiger charge is 2.34. The van der Waals surface area contributed by atoms with Gasteiger partial charge in [-0.3, -0.25) is 0 Å². The van der Waals surface area contributed by atoms with Crippen molar-refractivity contribution in [2.24, 2.45) is 5.73 Å². The molecule has 6 heteroatoms. The first-order valence-electron chi connectivity index (χ1n) is 5.27. The molecule has 1 heterocycles. The highest BCUT2D eigenvalue weighted by atomic mass is 32.1. The second-order valence-electron chi connectivity index (χ2n) is 3.91. The topological polar surface area (TPSA) is 38.9 Å². The summed E-state index contributed by atoms with van der Waals surface area (Å²) in [4.78, 5) is 4.15. The molecule has 0 radical (unpaired) electrons. The van der Waals surface area contributed by atoms with E-state index in [4.69, 9.17) is 5.73 Å². The molecule has 0 bridgehead atoms. The van der Waals surface area contributed by atoms with Crippen molar-refractivity contribution in [3.8, 4) is 10.6 Å². The standard InChI is InChI=1S/C12H11F3N2S/c1-7(16)10-6-18-11(17-10)8-4-2-3-5-9(8)12(13,14)15/h2-7H,16H2,1H3. The Kier molecular flexibility index (Phi) is 3.41. The van der Waals surface area contributed by atoms with Crippen molar-refractivity contribution in [2.45, 2.75) is 19.1 Å². The normalized spacial score (nSPS) is 13.6. The third-order valence-electron chi connectivity index (χ3n) is 2.45. The highest BCUT2D eigenvalue weighted by Crippen LogP contribution is 2.38. The summed E-state index contributed by atoms with van der Waals surface area (Å²) < 4.78 is 38.6. The van der Waals surface area contributed by atoms with E-state index in [-0.39, 0.29) is 11.6 Å². The maximum absolute atomic E-state index is 12.9. The zero-order chi connectivity index (χ0) is 13.3. The molecule has 96 valence electrons. The van der Waals surface area contributed by atoms with Gasteiger partial charge >= 0.3 is 6.18 Å². The van der Waals surface area contributed by atoms with E-state index in [2.05, 4.69) is 4.98 Å². The Morgan fingerprint density at radius 3 is 2.50 bits per heavy atom. The first kappa shape index (κ1) is 13.0. The zero-order valence-electron chi connectivity index (χ0n) is 9.53. The number of benzene rings is 1.